The van der Waals surface area contributed by atoms with Crippen LogP contribution in [0.25, 0.3) is 11.1 Å². The molecule has 3 heteroatoms. The molecule has 1 aromatic carbocycles. The molecule has 19 heavy (non-hydrogen) atoms. The number of rotatable bonds is 4. The first-order valence-electron chi connectivity index (χ1n) is 6.53. The normalized spacial score (nSPS) is 14.1. The molecule has 0 unspecified atom stereocenters. The predicted molar refractivity (Wildman–Crippen MR) is 74.2 cm³/mol. The molecule has 1 aromatic heterocycles. The Kier molecular flexibility index (Phi) is 3.26. The van der Waals surface area contributed by atoms with E-state index in [9.17, 15) is 0 Å². The van der Waals surface area contributed by atoms with Crippen molar-refractivity contribution in [3.63, 3.8) is 0 Å². The monoisotopic (exact) mass is 249 g/mol. The fourth-order valence-corrected chi connectivity index (χ4v) is 2.06. The van der Waals surface area contributed by atoms with Crippen molar-refractivity contribution in [3.05, 3.63) is 53.9 Å². The Labute approximate surface area is 112 Å². The van der Waals surface area contributed by atoms with E-state index in [-0.39, 0.29) is 0 Å². The number of hydrogen-bond acceptors (Lipinski definition) is 3. The maximum absolute atomic E-state index is 8.94. The van der Waals surface area contributed by atoms with Crippen LogP contribution in [0.5, 0.6) is 0 Å². The van der Waals surface area contributed by atoms with E-state index in [0.29, 0.717) is 11.6 Å². The van der Waals surface area contributed by atoms with Crippen LogP contribution in [0.15, 0.2) is 42.7 Å². The molecule has 1 N–H and O–H groups in total. The van der Waals surface area contributed by atoms with Crippen LogP contribution in [-0.2, 0) is 6.54 Å². The molecule has 2 aromatic rings. The molecule has 1 fully saturated rings. The van der Waals surface area contributed by atoms with Gasteiger partial charge in [0.15, 0.2) is 0 Å². The van der Waals surface area contributed by atoms with E-state index < -0.39 is 0 Å². The topological polar surface area (TPSA) is 48.7 Å². The quantitative estimate of drug-likeness (QED) is 0.906. The zero-order chi connectivity index (χ0) is 13.1. The Hall–Kier alpha value is -2.18. The molecule has 0 atom stereocenters. The van der Waals surface area contributed by atoms with E-state index in [1.54, 1.807) is 0 Å². The van der Waals surface area contributed by atoms with Crippen LogP contribution in [0, 0.1) is 11.3 Å². The minimum atomic E-state index is 0.680. The molecular weight excluding hydrogens is 234 g/mol. The number of nitrogens with zero attached hydrogens (tertiary/aromatic N) is 2. The standard InChI is InChI=1S/C16H15N3/c17-8-12-2-1-3-14(6-12)15-7-13(9-18-11-15)10-19-16-4-5-16/h1-3,6-7,9,11,16,19H,4-5,10H2. The van der Waals surface area contributed by atoms with E-state index in [1.165, 1.54) is 18.4 Å². The van der Waals surface area contributed by atoms with Gasteiger partial charge in [0.2, 0.25) is 0 Å². The minimum absolute atomic E-state index is 0.680. The zero-order valence-electron chi connectivity index (χ0n) is 10.6. The average Bonchev–Trinajstić information content (AvgIpc) is 3.30. The highest BCUT2D eigenvalue weighted by Gasteiger charge is 2.19. The summed E-state index contributed by atoms with van der Waals surface area (Å²) in [6.07, 6.45) is 6.32. The van der Waals surface area contributed by atoms with E-state index in [0.717, 1.165) is 17.7 Å². The molecule has 0 radical (unpaired) electrons. The SMILES string of the molecule is N#Cc1cccc(-c2cncc(CNC3CC3)c2)c1. The van der Waals surface area contributed by atoms with Crippen molar-refractivity contribution in [2.24, 2.45) is 0 Å². The van der Waals surface area contributed by atoms with Crippen molar-refractivity contribution in [1.82, 2.24) is 10.3 Å². The summed E-state index contributed by atoms with van der Waals surface area (Å²) in [4.78, 5) is 4.29. The Balaban J connectivity index is 1.82. The van der Waals surface area contributed by atoms with Gasteiger partial charge in [-0.3, -0.25) is 4.98 Å². The fraction of sp³-hybridized carbons (Fsp3) is 0.250. The molecule has 3 nitrogen and oxygen atoms in total. The van der Waals surface area contributed by atoms with Gasteiger partial charge in [-0.2, -0.15) is 5.26 Å². The van der Waals surface area contributed by atoms with Gasteiger partial charge in [0.25, 0.3) is 0 Å². The lowest BCUT2D eigenvalue weighted by Crippen LogP contribution is -2.15. The van der Waals surface area contributed by atoms with Gasteiger partial charge in [0.1, 0.15) is 0 Å². The average molecular weight is 249 g/mol. The highest BCUT2D eigenvalue weighted by atomic mass is 14.9. The Morgan fingerprint density at radius 1 is 1.21 bits per heavy atom. The smallest absolute Gasteiger partial charge is 0.0991 e. The van der Waals surface area contributed by atoms with Crippen molar-refractivity contribution in [2.75, 3.05) is 0 Å². The molecule has 1 aliphatic rings. The predicted octanol–water partition coefficient (Wildman–Crippen LogP) is 2.87. The molecule has 0 aliphatic heterocycles. The molecule has 1 aliphatic carbocycles. The number of nitriles is 1. The third-order valence-corrected chi connectivity index (χ3v) is 3.29. The van der Waals surface area contributed by atoms with Crippen LogP contribution in [-0.4, -0.2) is 11.0 Å². The van der Waals surface area contributed by atoms with Gasteiger partial charge in [-0.1, -0.05) is 12.1 Å². The van der Waals surface area contributed by atoms with Gasteiger partial charge >= 0.3 is 0 Å². The molecule has 94 valence electrons. The maximum Gasteiger partial charge on any atom is 0.0991 e. The second kappa shape index (κ2) is 5.21. The third kappa shape index (κ3) is 2.98. The number of benzene rings is 1. The van der Waals surface area contributed by atoms with E-state index in [1.807, 2.05) is 36.7 Å². The summed E-state index contributed by atoms with van der Waals surface area (Å²) in [7, 11) is 0. The summed E-state index contributed by atoms with van der Waals surface area (Å²) in [6.45, 7) is 0.865. The van der Waals surface area contributed by atoms with Crippen molar-refractivity contribution >= 4 is 0 Å². The van der Waals surface area contributed by atoms with Crippen molar-refractivity contribution in [2.45, 2.75) is 25.4 Å². The summed E-state index contributed by atoms with van der Waals surface area (Å²) in [5, 5.41) is 12.4. The van der Waals surface area contributed by atoms with Crippen molar-refractivity contribution in [1.29, 1.82) is 5.26 Å². The summed E-state index contributed by atoms with van der Waals surface area (Å²) in [5.74, 6) is 0. The lowest BCUT2D eigenvalue weighted by atomic mass is 10.0. The molecule has 1 saturated carbocycles. The summed E-state index contributed by atoms with van der Waals surface area (Å²) in [5.41, 5.74) is 3.97. The lowest BCUT2D eigenvalue weighted by Gasteiger charge is -2.06. The van der Waals surface area contributed by atoms with Gasteiger partial charge in [-0.15, -0.1) is 0 Å². The second-order valence-corrected chi connectivity index (χ2v) is 4.93. The van der Waals surface area contributed by atoms with Crippen LogP contribution in [0.3, 0.4) is 0 Å². The second-order valence-electron chi connectivity index (χ2n) is 4.93. The first-order valence-corrected chi connectivity index (χ1v) is 6.53. The highest BCUT2D eigenvalue weighted by molar-refractivity contribution is 5.64. The fourth-order valence-electron chi connectivity index (χ4n) is 2.06. The van der Waals surface area contributed by atoms with Crippen LogP contribution in [0.2, 0.25) is 0 Å². The number of pyridine rings is 1. The van der Waals surface area contributed by atoms with E-state index in [4.69, 9.17) is 5.26 Å². The summed E-state index contributed by atoms with van der Waals surface area (Å²) in [6, 6.07) is 12.6. The first-order chi connectivity index (χ1) is 9.35. The Morgan fingerprint density at radius 2 is 2.11 bits per heavy atom. The number of hydrogen-bond donors (Lipinski definition) is 1. The van der Waals surface area contributed by atoms with Crippen LogP contribution in [0.1, 0.15) is 24.0 Å². The zero-order valence-corrected chi connectivity index (χ0v) is 10.6. The first kappa shape index (κ1) is 11.9. The molecule has 0 spiro atoms. The van der Waals surface area contributed by atoms with Crippen molar-refractivity contribution < 1.29 is 0 Å². The minimum Gasteiger partial charge on any atom is -0.310 e. The molecule has 0 amide bonds. The molecule has 1 heterocycles. The Bertz CT molecular complexity index is 624. The van der Waals surface area contributed by atoms with Gasteiger partial charge in [-0.05, 0) is 42.2 Å². The van der Waals surface area contributed by atoms with Crippen LogP contribution < -0.4 is 5.32 Å². The van der Waals surface area contributed by atoms with Gasteiger partial charge in [0.05, 0.1) is 11.6 Å². The van der Waals surface area contributed by atoms with Crippen LogP contribution in [0.4, 0.5) is 0 Å². The van der Waals surface area contributed by atoms with Gasteiger partial charge in [0, 0.05) is 30.5 Å². The molecule has 0 saturated heterocycles. The van der Waals surface area contributed by atoms with Gasteiger partial charge in [-0.25, -0.2) is 0 Å². The number of aromatic nitrogens is 1. The van der Waals surface area contributed by atoms with E-state index in [2.05, 4.69) is 22.4 Å². The highest BCUT2D eigenvalue weighted by Crippen LogP contribution is 2.22. The van der Waals surface area contributed by atoms with Crippen molar-refractivity contribution in [3.8, 4) is 17.2 Å². The largest absolute Gasteiger partial charge is 0.310 e. The Morgan fingerprint density at radius 3 is 2.89 bits per heavy atom. The molecule has 3 rings (SSSR count). The number of nitrogens with one attached hydrogen (secondary N) is 1. The molecule has 0 bridgehead atoms. The summed E-state index contributed by atoms with van der Waals surface area (Å²) >= 11 is 0. The summed E-state index contributed by atoms with van der Waals surface area (Å²) < 4.78 is 0. The van der Waals surface area contributed by atoms with Gasteiger partial charge < -0.3 is 5.32 Å². The molecular formula is C16H15N3. The van der Waals surface area contributed by atoms with E-state index >= 15 is 0 Å². The third-order valence-electron chi connectivity index (χ3n) is 3.29. The van der Waals surface area contributed by atoms with Crippen LogP contribution >= 0.6 is 0 Å². The maximum atomic E-state index is 8.94. The lowest BCUT2D eigenvalue weighted by molar-refractivity contribution is 0.686.